The van der Waals surface area contributed by atoms with E-state index in [1.54, 1.807) is 41.3 Å². The summed E-state index contributed by atoms with van der Waals surface area (Å²) < 4.78 is 11.6. The standard InChI is InChI=1S/C24H21IN2O6S/c1-32-19-12-15(8-9-18(19)33-23(30)16-6-2-3-7-17(16)25)13-20-22(29)27(24(31)34-20)14-21(28)26-10-4-5-11-26/h2-3,6-9,12-13H,4-5,10-11,14H2,1H3/b20-13-. The Bertz CT molecular complexity index is 1190. The second kappa shape index (κ2) is 10.6. The van der Waals surface area contributed by atoms with Crippen LogP contribution in [0.15, 0.2) is 47.4 Å². The number of hydrogen-bond donors (Lipinski definition) is 0. The maximum Gasteiger partial charge on any atom is 0.344 e. The molecule has 176 valence electrons. The largest absolute Gasteiger partial charge is 0.493 e. The molecule has 0 aromatic heterocycles. The van der Waals surface area contributed by atoms with Crippen LogP contribution in [-0.2, 0) is 9.59 Å². The average Bonchev–Trinajstić information content (AvgIpc) is 3.45. The maximum absolute atomic E-state index is 12.8. The number of nitrogens with zero attached hydrogens (tertiary/aromatic N) is 2. The van der Waals surface area contributed by atoms with Crippen molar-refractivity contribution in [3.05, 3.63) is 62.1 Å². The molecular weight excluding hydrogens is 571 g/mol. The van der Waals surface area contributed by atoms with Crippen LogP contribution in [0.5, 0.6) is 11.5 Å². The summed E-state index contributed by atoms with van der Waals surface area (Å²) in [7, 11) is 1.45. The van der Waals surface area contributed by atoms with Gasteiger partial charge in [-0.1, -0.05) is 18.2 Å². The molecule has 2 aliphatic rings. The molecule has 2 heterocycles. The Morgan fingerprint density at radius 1 is 1.09 bits per heavy atom. The number of carbonyl (C=O) groups excluding carboxylic acids is 4. The van der Waals surface area contributed by atoms with Gasteiger partial charge in [-0.15, -0.1) is 0 Å². The van der Waals surface area contributed by atoms with Crippen molar-refractivity contribution >= 4 is 63.5 Å². The van der Waals surface area contributed by atoms with E-state index in [0.717, 1.165) is 33.1 Å². The van der Waals surface area contributed by atoms with Crippen molar-refractivity contribution < 1.29 is 28.7 Å². The second-order valence-electron chi connectivity index (χ2n) is 7.64. The number of halogens is 1. The lowest BCUT2D eigenvalue weighted by Gasteiger charge is -2.18. The third-order valence-corrected chi connectivity index (χ3v) is 7.26. The predicted octanol–water partition coefficient (Wildman–Crippen LogP) is 4.18. The zero-order valence-electron chi connectivity index (χ0n) is 18.3. The summed E-state index contributed by atoms with van der Waals surface area (Å²) in [4.78, 5) is 52.9. The van der Waals surface area contributed by atoms with E-state index in [1.807, 2.05) is 12.1 Å². The Balaban J connectivity index is 1.49. The predicted molar refractivity (Wildman–Crippen MR) is 136 cm³/mol. The van der Waals surface area contributed by atoms with Crippen LogP contribution in [0.4, 0.5) is 4.79 Å². The number of ether oxygens (including phenoxy) is 2. The monoisotopic (exact) mass is 592 g/mol. The smallest absolute Gasteiger partial charge is 0.344 e. The van der Waals surface area contributed by atoms with Gasteiger partial charge in [0.15, 0.2) is 11.5 Å². The first-order valence-corrected chi connectivity index (χ1v) is 12.4. The summed E-state index contributed by atoms with van der Waals surface area (Å²) >= 11 is 2.85. The summed E-state index contributed by atoms with van der Waals surface area (Å²) in [5.74, 6) is -0.706. The van der Waals surface area contributed by atoms with E-state index in [1.165, 1.54) is 7.11 Å². The molecule has 2 aromatic carbocycles. The molecule has 0 N–H and O–H groups in total. The fraction of sp³-hybridized carbons (Fsp3) is 0.250. The van der Waals surface area contributed by atoms with E-state index in [0.29, 0.717) is 30.0 Å². The minimum Gasteiger partial charge on any atom is -0.493 e. The molecule has 10 heteroatoms. The molecule has 0 spiro atoms. The molecule has 2 fully saturated rings. The molecule has 0 unspecified atom stereocenters. The van der Waals surface area contributed by atoms with E-state index in [9.17, 15) is 19.2 Å². The number of amides is 3. The summed E-state index contributed by atoms with van der Waals surface area (Å²) in [6.07, 6.45) is 3.43. The quantitative estimate of drug-likeness (QED) is 0.215. The van der Waals surface area contributed by atoms with Crippen LogP contribution < -0.4 is 9.47 Å². The lowest BCUT2D eigenvalue weighted by molar-refractivity contribution is -0.135. The van der Waals surface area contributed by atoms with Gasteiger partial charge in [0.05, 0.1) is 17.6 Å². The van der Waals surface area contributed by atoms with Gasteiger partial charge in [0, 0.05) is 16.7 Å². The highest BCUT2D eigenvalue weighted by atomic mass is 127. The highest BCUT2D eigenvalue weighted by molar-refractivity contribution is 14.1. The van der Waals surface area contributed by atoms with Crippen molar-refractivity contribution in [3.8, 4) is 11.5 Å². The Morgan fingerprint density at radius 2 is 1.82 bits per heavy atom. The van der Waals surface area contributed by atoms with Gasteiger partial charge in [-0.25, -0.2) is 4.79 Å². The van der Waals surface area contributed by atoms with Crippen LogP contribution in [0.25, 0.3) is 6.08 Å². The van der Waals surface area contributed by atoms with E-state index in [-0.39, 0.29) is 23.1 Å². The van der Waals surface area contributed by atoms with Gasteiger partial charge < -0.3 is 14.4 Å². The second-order valence-corrected chi connectivity index (χ2v) is 9.79. The summed E-state index contributed by atoms with van der Waals surface area (Å²) in [6.45, 7) is 1.06. The molecule has 2 aliphatic heterocycles. The van der Waals surface area contributed by atoms with Crippen molar-refractivity contribution in [2.45, 2.75) is 12.8 Å². The first-order chi connectivity index (χ1) is 16.4. The van der Waals surface area contributed by atoms with Crippen LogP contribution in [0.1, 0.15) is 28.8 Å². The Morgan fingerprint density at radius 3 is 2.53 bits per heavy atom. The normalized spacial score (nSPS) is 16.9. The van der Waals surface area contributed by atoms with E-state index < -0.39 is 17.1 Å². The fourth-order valence-corrected chi connectivity index (χ4v) is 5.08. The van der Waals surface area contributed by atoms with Gasteiger partial charge in [-0.3, -0.25) is 19.3 Å². The number of likely N-dealkylation sites (tertiary alicyclic amines) is 1. The molecule has 2 saturated heterocycles. The zero-order valence-corrected chi connectivity index (χ0v) is 21.3. The molecule has 8 nitrogen and oxygen atoms in total. The number of imide groups is 1. The minimum absolute atomic E-state index is 0.213. The van der Waals surface area contributed by atoms with Crippen molar-refractivity contribution in [1.29, 1.82) is 0 Å². The van der Waals surface area contributed by atoms with Gasteiger partial charge in [0.2, 0.25) is 5.91 Å². The number of esters is 1. The Hall–Kier alpha value is -2.86. The topological polar surface area (TPSA) is 93.2 Å². The van der Waals surface area contributed by atoms with Crippen LogP contribution in [0, 0.1) is 3.57 Å². The molecule has 0 aliphatic carbocycles. The highest BCUT2D eigenvalue weighted by Crippen LogP contribution is 2.35. The van der Waals surface area contributed by atoms with Gasteiger partial charge in [0.1, 0.15) is 6.54 Å². The summed E-state index contributed by atoms with van der Waals surface area (Å²) in [6, 6.07) is 11.9. The minimum atomic E-state index is -0.514. The van der Waals surface area contributed by atoms with Crippen LogP contribution in [0.2, 0.25) is 0 Å². The first-order valence-electron chi connectivity index (χ1n) is 10.6. The van der Waals surface area contributed by atoms with Gasteiger partial charge >= 0.3 is 5.97 Å². The number of thioether (sulfide) groups is 1. The maximum atomic E-state index is 12.8. The molecule has 0 radical (unpaired) electrons. The van der Waals surface area contributed by atoms with Crippen LogP contribution in [-0.4, -0.2) is 59.6 Å². The Kier molecular flexibility index (Phi) is 7.57. The fourth-order valence-electron chi connectivity index (χ4n) is 3.63. The van der Waals surface area contributed by atoms with Gasteiger partial charge in [-0.2, -0.15) is 0 Å². The zero-order chi connectivity index (χ0) is 24.2. The molecular formula is C24H21IN2O6S. The molecule has 0 bridgehead atoms. The molecule has 4 rings (SSSR count). The number of carbonyl (C=O) groups is 4. The van der Waals surface area contributed by atoms with Gasteiger partial charge in [0.25, 0.3) is 11.1 Å². The highest BCUT2D eigenvalue weighted by Gasteiger charge is 2.37. The first kappa shape index (κ1) is 24.3. The third kappa shape index (κ3) is 5.27. The van der Waals surface area contributed by atoms with Crippen molar-refractivity contribution in [2.75, 3.05) is 26.7 Å². The van der Waals surface area contributed by atoms with Gasteiger partial charge in [-0.05, 0) is 83.1 Å². The van der Waals surface area contributed by atoms with Crippen molar-refractivity contribution in [3.63, 3.8) is 0 Å². The van der Waals surface area contributed by atoms with E-state index in [2.05, 4.69) is 22.6 Å². The molecule has 0 atom stereocenters. The average molecular weight is 592 g/mol. The van der Waals surface area contributed by atoms with Crippen molar-refractivity contribution in [2.24, 2.45) is 0 Å². The number of methoxy groups -OCH3 is 1. The molecule has 3 amide bonds. The third-order valence-electron chi connectivity index (χ3n) is 5.41. The summed E-state index contributed by atoms with van der Waals surface area (Å²) in [5, 5.41) is -0.473. The van der Waals surface area contributed by atoms with Crippen LogP contribution >= 0.6 is 34.4 Å². The number of hydrogen-bond acceptors (Lipinski definition) is 7. The molecule has 34 heavy (non-hydrogen) atoms. The Labute approximate surface area is 214 Å². The van der Waals surface area contributed by atoms with Crippen molar-refractivity contribution in [1.82, 2.24) is 9.80 Å². The SMILES string of the molecule is COc1cc(/C=C2\SC(=O)N(CC(=O)N3CCCC3)C2=O)ccc1OC(=O)c1ccccc1I. The summed E-state index contributed by atoms with van der Waals surface area (Å²) in [5.41, 5.74) is 1.02. The van der Waals surface area contributed by atoms with E-state index in [4.69, 9.17) is 9.47 Å². The molecule has 0 saturated carbocycles. The number of rotatable bonds is 6. The van der Waals surface area contributed by atoms with Crippen LogP contribution in [0.3, 0.4) is 0 Å². The number of benzene rings is 2. The molecule has 2 aromatic rings. The van der Waals surface area contributed by atoms with E-state index >= 15 is 0 Å². The lowest BCUT2D eigenvalue weighted by atomic mass is 10.1. The lowest BCUT2D eigenvalue weighted by Crippen LogP contribution is -2.40.